The lowest BCUT2D eigenvalue weighted by atomic mass is 9.99. The smallest absolute Gasteiger partial charge is 0.135 e. The average Bonchev–Trinajstić information content (AvgIpc) is 2.93. The number of halogens is 3. The summed E-state index contributed by atoms with van der Waals surface area (Å²) in [6.07, 6.45) is 1.77. The number of benzene rings is 2. The highest BCUT2D eigenvalue weighted by Gasteiger charge is 2.25. The van der Waals surface area contributed by atoms with Crippen LogP contribution in [0.4, 0.5) is 8.78 Å². The van der Waals surface area contributed by atoms with Gasteiger partial charge in [-0.25, -0.2) is 13.8 Å². The third kappa shape index (κ3) is 2.71. The molecule has 4 rings (SSSR count). The molecule has 7 heteroatoms. The maximum atomic E-state index is 14.4. The minimum absolute atomic E-state index is 0.156. The molecule has 0 unspecified atom stereocenters. The Morgan fingerprint density at radius 2 is 1.96 bits per heavy atom. The van der Waals surface area contributed by atoms with Gasteiger partial charge in [0.25, 0.3) is 0 Å². The topological polar surface area (TPSA) is 42.2 Å². The maximum Gasteiger partial charge on any atom is 0.135 e. The lowest BCUT2D eigenvalue weighted by Gasteiger charge is -2.15. The molecule has 0 amide bonds. The summed E-state index contributed by atoms with van der Waals surface area (Å²) in [7, 11) is 1.84. The Bertz CT molecular complexity index is 1010. The van der Waals surface area contributed by atoms with Crippen LogP contribution in [0.3, 0.4) is 0 Å². The van der Waals surface area contributed by atoms with Gasteiger partial charge >= 0.3 is 0 Å². The fourth-order valence-corrected chi connectivity index (χ4v) is 3.38. The van der Waals surface area contributed by atoms with Crippen molar-refractivity contribution in [2.45, 2.75) is 13.1 Å². The minimum atomic E-state index is -0.662. The summed E-state index contributed by atoms with van der Waals surface area (Å²) in [5, 5.41) is 3.56. The Balaban J connectivity index is 2.00. The predicted octanol–water partition coefficient (Wildman–Crippen LogP) is 3.87. The fourth-order valence-electron chi connectivity index (χ4n) is 3.21. The van der Waals surface area contributed by atoms with E-state index in [2.05, 4.69) is 15.3 Å². The predicted molar refractivity (Wildman–Crippen MR) is 97.0 cm³/mol. The first kappa shape index (κ1) is 16.9. The van der Waals surface area contributed by atoms with Crippen molar-refractivity contribution in [3.05, 3.63) is 81.9 Å². The Hall–Kier alpha value is -2.57. The summed E-state index contributed by atoms with van der Waals surface area (Å²) in [5.74, 6) is -0.625. The second-order valence-corrected chi connectivity index (χ2v) is 6.39. The van der Waals surface area contributed by atoms with Gasteiger partial charge in [0, 0.05) is 17.1 Å². The van der Waals surface area contributed by atoms with Crippen LogP contribution in [0, 0.1) is 11.6 Å². The molecule has 0 saturated carbocycles. The van der Waals surface area contributed by atoms with E-state index in [-0.39, 0.29) is 17.8 Å². The number of nitrogens with zero attached hydrogens (tertiary/aromatic N) is 3. The van der Waals surface area contributed by atoms with E-state index >= 15 is 0 Å². The Labute approximate surface area is 154 Å². The number of nitrogens with one attached hydrogen (secondary N) is 1. The fraction of sp³-hybridized carbons (Fsp3) is 0.158. The summed E-state index contributed by atoms with van der Waals surface area (Å²) in [4.78, 5) is 8.91. The van der Waals surface area contributed by atoms with E-state index in [9.17, 15) is 8.78 Å². The summed E-state index contributed by atoms with van der Waals surface area (Å²) >= 11 is 6.18. The van der Waals surface area contributed by atoms with Crippen LogP contribution in [0.1, 0.15) is 22.6 Å². The van der Waals surface area contributed by atoms with E-state index in [0.717, 1.165) is 11.4 Å². The summed E-state index contributed by atoms with van der Waals surface area (Å²) < 4.78 is 30.8. The molecule has 0 bridgehead atoms. The van der Waals surface area contributed by atoms with Crippen molar-refractivity contribution >= 4 is 17.3 Å². The zero-order valence-electron chi connectivity index (χ0n) is 13.9. The van der Waals surface area contributed by atoms with Crippen molar-refractivity contribution < 1.29 is 8.78 Å². The van der Waals surface area contributed by atoms with Crippen LogP contribution >= 0.6 is 11.6 Å². The Morgan fingerprint density at radius 1 is 1.19 bits per heavy atom. The van der Waals surface area contributed by atoms with E-state index in [1.165, 1.54) is 18.2 Å². The zero-order valence-corrected chi connectivity index (χ0v) is 14.7. The Morgan fingerprint density at radius 3 is 2.69 bits per heavy atom. The molecule has 0 atom stereocenters. The van der Waals surface area contributed by atoms with Crippen molar-refractivity contribution in [3.63, 3.8) is 0 Å². The van der Waals surface area contributed by atoms with Crippen molar-refractivity contribution in [2.24, 2.45) is 4.99 Å². The highest BCUT2D eigenvalue weighted by molar-refractivity contribution is 6.31. The van der Waals surface area contributed by atoms with E-state index < -0.39 is 11.6 Å². The second kappa shape index (κ2) is 6.63. The standard InChI is InChI=1S/C19H15ClF2N4/c1-23-8-12-9-24-17-10-25-19(18-14(21)3-2-4-15(18)22)13-7-11(20)5-6-16(13)26(12)17/h2-7,9,23H,8,10H2,1H3. The van der Waals surface area contributed by atoms with Gasteiger partial charge in [-0.3, -0.25) is 9.56 Å². The molecule has 2 aromatic carbocycles. The van der Waals surface area contributed by atoms with Crippen LogP contribution in [-0.2, 0) is 13.1 Å². The van der Waals surface area contributed by atoms with Crippen molar-refractivity contribution in [1.29, 1.82) is 0 Å². The molecule has 1 aliphatic heterocycles. The molecule has 26 heavy (non-hydrogen) atoms. The van der Waals surface area contributed by atoms with Gasteiger partial charge in [0.05, 0.1) is 35.4 Å². The van der Waals surface area contributed by atoms with Gasteiger partial charge in [-0.05, 0) is 37.4 Å². The van der Waals surface area contributed by atoms with Gasteiger partial charge in [-0.1, -0.05) is 17.7 Å². The van der Waals surface area contributed by atoms with Crippen molar-refractivity contribution in [3.8, 4) is 5.69 Å². The molecule has 4 nitrogen and oxygen atoms in total. The van der Waals surface area contributed by atoms with Gasteiger partial charge in [0.15, 0.2) is 0 Å². The van der Waals surface area contributed by atoms with Crippen LogP contribution in [0.25, 0.3) is 5.69 Å². The maximum absolute atomic E-state index is 14.4. The summed E-state index contributed by atoms with van der Waals surface area (Å²) in [6.45, 7) is 0.803. The van der Waals surface area contributed by atoms with Gasteiger partial charge < -0.3 is 5.32 Å². The first-order chi connectivity index (χ1) is 12.6. The molecular weight excluding hydrogens is 358 g/mol. The van der Waals surface area contributed by atoms with Gasteiger partial charge in [0.2, 0.25) is 0 Å². The summed E-state index contributed by atoms with van der Waals surface area (Å²) in [5.41, 5.74) is 2.31. The first-order valence-electron chi connectivity index (χ1n) is 8.09. The highest BCUT2D eigenvalue weighted by atomic mass is 35.5. The van der Waals surface area contributed by atoms with Gasteiger partial charge in [0.1, 0.15) is 17.5 Å². The number of aromatic nitrogens is 2. The van der Waals surface area contributed by atoms with Crippen LogP contribution in [0.5, 0.6) is 0 Å². The number of rotatable bonds is 3. The molecule has 0 aliphatic carbocycles. The molecule has 3 aromatic rings. The largest absolute Gasteiger partial charge is 0.314 e. The molecule has 0 spiro atoms. The second-order valence-electron chi connectivity index (χ2n) is 5.95. The zero-order chi connectivity index (χ0) is 18.3. The number of aliphatic imine (C=N–C) groups is 1. The number of hydrogen-bond donors (Lipinski definition) is 1. The van der Waals surface area contributed by atoms with Crippen LogP contribution in [-0.4, -0.2) is 22.3 Å². The summed E-state index contributed by atoms with van der Waals surface area (Å²) in [6, 6.07) is 9.03. The molecule has 0 saturated heterocycles. The highest BCUT2D eigenvalue weighted by Crippen LogP contribution is 2.30. The third-order valence-electron chi connectivity index (χ3n) is 4.30. The lowest BCUT2D eigenvalue weighted by molar-refractivity contribution is 0.579. The molecule has 1 aliphatic rings. The molecular formula is C19H15ClF2N4. The van der Waals surface area contributed by atoms with Crippen LogP contribution in [0.15, 0.2) is 47.6 Å². The van der Waals surface area contributed by atoms with Crippen LogP contribution < -0.4 is 5.32 Å². The van der Waals surface area contributed by atoms with Gasteiger partial charge in [-0.2, -0.15) is 0 Å². The van der Waals surface area contributed by atoms with E-state index in [0.29, 0.717) is 23.0 Å². The van der Waals surface area contributed by atoms with Crippen molar-refractivity contribution in [2.75, 3.05) is 7.05 Å². The third-order valence-corrected chi connectivity index (χ3v) is 4.53. The average molecular weight is 373 g/mol. The number of hydrogen-bond acceptors (Lipinski definition) is 3. The molecule has 1 aromatic heterocycles. The van der Waals surface area contributed by atoms with Crippen LogP contribution in [0.2, 0.25) is 5.02 Å². The van der Waals surface area contributed by atoms with E-state index in [4.69, 9.17) is 11.6 Å². The number of imidazole rings is 1. The van der Waals surface area contributed by atoms with E-state index in [1.807, 2.05) is 17.7 Å². The first-order valence-corrected chi connectivity index (χ1v) is 8.47. The molecule has 132 valence electrons. The van der Waals surface area contributed by atoms with Gasteiger partial charge in [-0.15, -0.1) is 0 Å². The molecule has 0 radical (unpaired) electrons. The molecule has 2 heterocycles. The van der Waals surface area contributed by atoms with E-state index in [1.54, 1.807) is 18.3 Å². The molecule has 0 fully saturated rings. The normalized spacial score (nSPS) is 13.0. The monoisotopic (exact) mass is 372 g/mol. The van der Waals surface area contributed by atoms with Crippen molar-refractivity contribution in [1.82, 2.24) is 14.9 Å². The Kier molecular flexibility index (Phi) is 4.30. The minimum Gasteiger partial charge on any atom is -0.314 e. The lowest BCUT2D eigenvalue weighted by Crippen LogP contribution is -2.14. The SMILES string of the molecule is CNCc1cnc2n1-c1ccc(Cl)cc1C(c1c(F)cccc1F)=NC2. The quantitative estimate of drug-likeness (QED) is 0.758. The molecule has 1 N–H and O–H groups in total. The number of fused-ring (bicyclic) bond motifs is 3.